The van der Waals surface area contributed by atoms with E-state index in [0.29, 0.717) is 21.0 Å². The van der Waals surface area contributed by atoms with Crippen LogP contribution in [0.25, 0.3) is 11.0 Å². The molecule has 0 bridgehead atoms. The van der Waals surface area contributed by atoms with Crippen LogP contribution in [0.1, 0.15) is 0 Å². The molecule has 2 aromatic rings. The fraction of sp³-hybridized carbons (Fsp3) is 0. The van der Waals surface area contributed by atoms with E-state index in [9.17, 15) is 4.79 Å². The number of benzene rings is 1. The number of fused-ring (bicyclic) bond motifs is 1. The number of hydrogen-bond donors (Lipinski definition) is 0. The first-order chi connectivity index (χ1) is 6.18. The Morgan fingerprint density at radius 3 is 2.46 bits per heavy atom. The minimum Gasteiger partial charge on any atom is -0.421 e. The van der Waals surface area contributed by atoms with Gasteiger partial charge in [-0.1, -0.05) is 23.2 Å². The molecule has 1 heterocycles. The SMILES string of the molecule is O=c1ccc2c(Cl)ccc(Cl)c2o1. The van der Waals surface area contributed by atoms with Gasteiger partial charge in [0.2, 0.25) is 0 Å². The summed E-state index contributed by atoms with van der Waals surface area (Å²) < 4.78 is 4.90. The van der Waals surface area contributed by atoms with E-state index in [0.717, 1.165) is 0 Å². The molecular formula is C9H4Cl2O2. The zero-order valence-corrected chi connectivity index (χ0v) is 7.89. The van der Waals surface area contributed by atoms with E-state index < -0.39 is 5.63 Å². The van der Waals surface area contributed by atoms with Crippen LogP contribution in [0.15, 0.2) is 33.5 Å². The highest BCUT2D eigenvalue weighted by Gasteiger charge is 2.05. The van der Waals surface area contributed by atoms with Gasteiger partial charge in [0.15, 0.2) is 5.58 Å². The van der Waals surface area contributed by atoms with Crippen molar-refractivity contribution >= 4 is 34.2 Å². The molecule has 0 unspecified atom stereocenters. The first-order valence-electron chi connectivity index (χ1n) is 3.56. The van der Waals surface area contributed by atoms with Crippen molar-refractivity contribution in [3.05, 3.63) is 44.7 Å². The van der Waals surface area contributed by atoms with Crippen LogP contribution in [-0.2, 0) is 0 Å². The molecule has 13 heavy (non-hydrogen) atoms. The maximum Gasteiger partial charge on any atom is 0.336 e. The largest absolute Gasteiger partial charge is 0.421 e. The summed E-state index contributed by atoms with van der Waals surface area (Å²) in [6.45, 7) is 0. The first kappa shape index (κ1) is 8.60. The topological polar surface area (TPSA) is 30.2 Å². The molecule has 2 nitrogen and oxygen atoms in total. The van der Waals surface area contributed by atoms with E-state index >= 15 is 0 Å². The van der Waals surface area contributed by atoms with Gasteiger partial charge in [0.05, 0.1) is 10.0 Å². The number of halogens is 2. The van der Waals surface area contributed by atoms with Gasteiger partial charge in [0, 0.05) is 11.5 Å². The van der Waals surface area contributed by atoms with Gasteiger partial charge in [-0.2, -0.15) is 0 Å². The van der Waals surface area contributed by atoms with Gasteiger partial charge < -0.3 is 4.42 Å². The average Bonchev–Trinajstić information content (AvgIpc) is 2.12. The third-order valence-corrected chi connectivity index (χ3v) is 2.31. The Morgan fingerprint density at radius 2 is 1.69 bits per heavy atom. The maximum atomic E-state index is 10.9. The van der Waals surface area contributed by atoms with E-state index in [1.54, 1.807) is 18.2 Å². The molecule has 1 aromatic heterocycles. The van der Waals surface area contributed by atoms with E-state index in [1.165, 1.54) is 6.07 Å². The van der Waals surface area contributed by atoms with Crippen LogP contribution in [0.3, 0.4) is 0 Å². The summed E-state index contributed by atoms with van der Waals surface area (Å²) in [6.07, 6.45) is 0. The Labute approximate surface area is 83.7 Å². The van der Waals surface area contributed by atoms with Crippen molar-refractivity contribution in [2.75, 3.05) is 0 Å². The Hall–Kier alpha value is -0.990. The molecule has 0 radical (unpaired) electrons. The van der Waals surface area contributed by atoms with Gasteiger partial charge in [-0.3, -0.25) is 0 Å². The first-order valence-corrected chi connectivity index (χ1v) is 4.32. The van der Waals surface area contributed by atoms with E-state index in [1.807, 2.05) is 0 Å². The lowest BCUT2D eigenvalue weighted by atomic mass is 10.2. The van der Waals surface area contributed by atoms with Crippen LogP contribution in [0, 0.1) is 0 Å². The van der Waals surface area contributed by atoms with Crippen LogP contribution in [0.2, 0.25) is 10.0 Å². The van der Waals surface area contributed by atoms with Crippen LogP contribution in [-0.4, -0.2) is 0 Å². The highest BCUT2D eigenvalue weighted by atomic mass is 35.5. The lowest BCUT2D eigenvalue weighted by Gasteiger charge is -1.99. The smallest absolute Gasteiger partial charge is 0.336 e. The molecule has 4 heteroatoms. The van der Waals surface area contributed by atoms with Gasteiger partial charge in [-0.05, 0) is 18.2 Å². The quantitative estimate of drug-likeness (QED) is 0.632. The highest BCUT2D eigenvalue weighted by molar-refractivity contribution is 6.39. The minimum atomic E-state index is -0.434. The van der Waals surface area contributed by atoms with Crippen molar-refractivity contribution < 1.29 is 4.42 Å². The van der Waals surface area contributed by atoms with Gasteiger partial charge in [0.25, 0.3) is 0 Å². The molecule has 0 saturated heterocycles. The van der Waals surface area contributed by atoms with Crippen LogP contribution in [0.4, 0.5) is 0 Å². The maximum absolute atomic E-state index is 10.9. The molecule has 0 amide bonds. The Bertz CT molecular complexity index is 516. The standard InChI is InChI=1S/C9H4Cl2O2/c10-6-2-3-7(11)9-5(6)1-4-8(12)13-9/h1-4H. The van der Waals surface area contributed by atoms with Gasteiger partial charge in [-0.15, -0.1) is 0 Å². The molecular weight excluding hydrogens is 211 g/mol. The average molecular weight is 215 g/mol. The molecule has 66 valence electrons. The monoisotopic (exact) mass is 214 g/mol. The molecule has 0 fully saturated rings. The lowest BCUT2D eigenvalue weighted by molar-refractivity contribution is 0.561. The predicted octanol–water partition coefficient (Wildman–Crippen LogP) is 3.10. The Balaban J connectivity index is 3.00. The van der Waals surface area contributed by atoms with Crippen molar-refractivity contribution in [2.24, 2.45) is 0 Å². The molecule has 2 rings (SSSR count). The van der Waals surface area contributed by atoms with E-state index in [4.69, 9.17) is 27.6 Å². The summed E-state index contributed by atoms with van der Waals surface area (Å²) in [6, 6.07) is 6.15. The summed E-state index contributed by atoms with van der Waals surface area (Å²) in [5.41, 5.74) is -0.0988. The second kappa shape index (κ2) is 3.05. The summed E-state index contributed by atoms with van der Waals surface area (Å²) in [5.74, 6) is 0. The molecule has 1 aromatic carbocycles. The third-order valence-electron chi connectivity index (χ3n) is 1.68. The van der Waals surface area contributed by atoms with E-state index in [-0.39, 0.29) is 0 Å². The van der Waals surface area contributed by atoms with Gasteiger partial charge >= 0.3 is 5.63 Å². The molecule has 0 aliphatic rings. The van der Waals surface area contributed by atoms with Crippen molar-refractivity contribution in [1.29, 1.82) is 0 Å². The second-order valence-corrected chi connectivity index (χ2v) is 3.34. The van der Waals surface area contributed by atoms with Crippen molar-refractivity contribution in [2.45, 2.75) is 0 Å². The summed E-state index contributed by atoms with van der Waals surface area (Å²) in [4.78, 5) is 10.9. The lowest BCUT2D eigenvalue weighted by Crippen LogP contribution is -1.94. The summed E-state index contributed by atoms with van der Waals surface area (Å²) in [5, 5.41) is 1.55. The zero-order chi connectivity index (χ0) is 9.42. The number of rotatable bonds is 0. The third kappa shape index (κ3) is 1.43. The fourth-order valence-electron chi connectivity index (χ4n) is 1.09. The van der Waals surface area contributed by atoms with Crippen LogP contribution in [0.5, 0.6) is 0 Å². The zero-order valence-electron chi connectivity index (χ0n) is 6.38. The van der Waals surface area contributed by atoms with Gasteiger partial charge in [0.1, 0.15) is 0 Å². The summed E-state index contributed by atoms with van der Waals surface area (Å²) in [7, 11) is 0. The molecule has 0 N–H and O–H groups in total. The fourth-order valence-corrected chi connectivity index (χ4v) is 1.51. The molecule has 0 aliphatic heterocycles. The van der Waals surface area contributed by atoms with Crippen LogP contribution >= 0.6 is 23.2 Å². The molecule has 0 spiro atoms. The highest BCUT2D eigenvalue weighted by Crippen LogP contribution is 2.27. The van der Waals surface area contributed by atoms with Gasteiger partial charge in [-0.25, -0.2) is 4.79 Å². The Kier molecular flexibility index (Phi) is 2.02. The molecule has 0 atom stereocenters. The molecule has 0 aliphatic carbocycles. The van der Waals surface area contributed by atoms with Crippen molar-refractivity contribution in [3.8, 4) is 0 Å². The second-order valence-electron chi connectivity index (χ2n) is 2.53. The van der Waals surface area contributed by atoms with E-state index in [2.05, 4.69) is 0 Å². The van der Waals surface area contributed by atoms with Crippen molar-refractivity contribution in [3.63, 3.8) is 0 Å². The minimum absolute atomic E-state index is 0.335. The summed E-state index contributed by atoms with van der Waals surface area (Å²) >= 11 is 11.7. The Morgan fingerprint density at radius 1 is 1.00 bits per heavy atom. The number of hydrogen-bond acceptors (Lipinski definition) is 2. The molecule has 0 saturated carbocycles. The predicted molar refractivity (Wildman–Crippen MR) is 52.5 cm³/mol. The normalized spacial score (nSPS) is 10.6. The van der Waals surface area contributed by atoms with Crippen molar-refractivity contribution in [1.82, 2.24) is 0 Å². The van der Waals surface area contributed by atoms with Crippen LogP contribution < -0.4 is 5.63 Å².